The molecule has 1 aromatic heterocycles. The van der Waals surface area contributed by atoms with Gasteiger partial charge in [-0.3, -0.25) is 9.59 Å². The smallest absolute Gasteiger partial charge is 0.251 e. The van der Waals surface area contributed by atoms with Crippen LogP contribution in [0.5, 0.6) is 0 Å². The van der Waals surface area contributed by atoms with Crippen molar-refractivity contribution in [1.82, 2.24) is 25.4 Å². The molecule has 0 aliphatic heterocycles. The number of amides is 2. The number of hydrogen-bond donors (Lipinski definition) is 2. The van der Waals surface area contributed by atoms with Gasteiger partial charge in [0.1, 0.15) is 5.82 Å². The highest BCUT2D eigenvalue weighted by molar-refractivity contribution is 7.99. The van der Waals surface area contributed by atoms with E-state index in [4.69, 9.17) is 0 Å². The predicted molar refractivity (Wildman–Crippen MR) is 112 cm³/mol. The summed E-state index contributed by atoms with van der Waals surface area (Å²) in [6.45, 7) is 0.742. The van der Waals surface area contributed by atoms with Gasteiger partial charge in [0.15, 0.2) is 11.0 Å². The number of hydrogen-bond acceptors (Lipinski definition) is 5. The number of nitrogens with zero attached hydrogens (tertiary/aromatic N) is 3. The van der Waals surface area contributed by atoms with Crippen LogP contribution in [0.1, 0.15) is 21.7 Å². The number of thioether (sulfide) groups is 1. The van der Waals surface area contributed by atoms with Crippen molar-refractivity contribution in [3.63, 3.8) is 0 Å². The summed E-state index contributed by atoms with van der Waals surface area (Å²) in [5.41, 5.74) is 1.53. The summed E-state index contributed by atoms with van der Waals surface area (Å²) in [4.78, 5) is 24.2. The molecule has 0 saturated carbocycles. The van der Waals surface area contributed by atoms with Gasteiger partial charge in [0, 0.05) is 19.2 Å². The zero-order valence-electron chi connectivity index (χ0n) is 16.5. The Balaban J connectivity index is 1.42. The Labute approximate surface area is 178 Å². The van der Waals surface area contributed by atoms with E-state index in [1.165, 1.54) is 41.6 Å². The molecule has 30 heavy (non-hydrogen) atoms. The quantitative estimate of drug-likeness (QED) is 0.512. The molecule has 7 nitrogen and oxygen atoms in total. The average Bonchev–Trinajstić information content (AvgIpc) is 3.11. The molecule has 0 aliphatic rings. The van der Waals surface area contributed by atoms with Crippen LogP contribution in [0.15, 0.2) is 59.8 Å². The summed E-state index contributed by atoms with van der Waals surface area (Å²) in [6.07, 6.45) is 0.777. The molecule has 1 heterocycles. The molecule has 0 atom stereocenters. The third-order valence-electron chi connectivity index (χ3n) is 4.35. The van der Waals surface area contributed by atoms with Crippen LogP contribution in [-0.2, 0) is 24.8 Å². The van der Waals surface area contributed by atoms with E-state index in [0.29, 0.717) is 23.1 Å². The second kappa shape index (κ2) is 10.5. The van der Waals surface area contributed by atoms with Crippen LogP contribution in [0, 0.1) is 5.82 Å². The van der Waals surface area contributed by atoms with Gasteiger partial charge < -0.3 is 15.2 Å². The van der Waals surface area contributed by atoms with E-state index in [-0.39, 0.29) is 24.1 Å². The van der Waals surface area contributed by atoms with Crippen LogP contribution in [0.3, 0.4) is 0 Å². The minimum Gasteiger partial charge on any atom is -0.355 e. The van der Waals surface area contributed by atoms with E-state index in [0.717, 1.165) is 6.42 Å². The zero-order valence-corrected chi connectivity index (χ0v) is 17.3. The Kier molecular flexibility index (Phi) is 7.56. The van der Waals surface area contributed by atoms with E-state index in [9.17, 15) is 14.0 Å². The van der Waals surface area contributed by atoms with Crippen LogP contribution in [0.2, 0.25) is 0 Å². The zero-order chi connectivity index (χ0) is 21.3. The van der Waals surface area contributed by atoms with E-state index >= 15 is 0 Å². The van der Waals surface area contributed by atoms with E-state index < -0.39 is 5.82 Å². The SMILES string of the molecule is Cn1c(CNC(=O)c2ccc(F)cc2)nnc1SCC(=O)NCCc1ccccc1. The van der Waals surface area contributed by atoms with Crippen molar-refractivity contribution in [1.29, 1.82) is 0 Å². The molecule has 0 aliphatic carbocycles. The third-order valence-corrected chi connectivity index (χ3v) is 5.37. The molecular weight excluding hydrogens is 405 g/mol. The van der Waals surface area contributed by atoms with Crippen molar-refractivity contribution >= 4 is 23.6 Å². The molecule has 0 spiro atoms. The Morgan fingerprint density at radius 1 is 1.03 bits per heavy atom. The first-order valence-corrected chi connectivity index (χ1v) is 10.4. The van der Waals surface area contributed by atoms with Crippen LogP contribution < -0.4 is 10.6 Å². The van der Waals surface area contributed by atoms with Crippen molar-refractivity contribution in [2.75, 3.05) is 12.3 Å². The lowest BCUT2D eigenvalue weighted by Gasteiger charge is -2.07. The van der Waals surface area contributed by atoms with Crippen molar-refractivity contribution < 1.29 is 14.0 Å². The Morgan fingerprint density at radius 3 is 2.50 bits per heavy atom. The molecule has 0 saturated heterocycles. The van der Waals surface area contributed by atoms with Crippen LogP contribution >= 0.6 is 11.8 Å². The first kappa shape index (κ1) is 21.5. The van der Waals surface area contributed by atoms with Gasteiger partial charge in [0.25, 0.3) is 5.91 Å². The summed E-state index contributed by atoms with van der Waals surface area (Å²) in [5.74, 6) is -0.0268. The second-order valence-electron chi connectivity index (χ2n) is 6.52. The maximum atomic E-state index is 12.9. The molecule has 156 valence electrons. The highest BCUT2D eigenvalue weighted by atomic mass is 32.2. The predicted octanol–water partition coefficient (Wildman–Crippen LogP) is 2.34. The maximum absolute atomic E-state index is 12.9. The topological polar surface area (TPSA) is 88.9 Å². The molecular formula is C21H22FN5O2S. The summed E-state index contributed by atoms with van der Waals surface area (Å²) in [6, 6.07) is 15.3. The van der Waals surface area contributed by atoms with Crippen molar-refractivity contribution in [2.45, 2.75) is 18.1 Å². The lowest BCUT2D eigenvalue weighted by molar-refractivity contribution is -0.118. The molecule has 0 radical (unpaired) electrons. The summed E-state index contributed by atoms with van der Waals surface area (Å²) in [7, 11) is 1.77. The number of nitrogens with one attached hydrogen (secondary N) is 2. The van der Waals surface area contributed by atoms with Crippen LogP contribution in [0.4, 0.5) is 4.39 Å². The molecule has 2 N–H and O–H groups in total. The average molecular weight is 428 g/mol. The minimum atomic E-state index is -0.398. The summed E-state index contributed by atoms with van der Waals surface area (Å²) >= 11 is 1.28. The van der Waals surface area contributed by atoms with E-state index in [1.54, 1.807) is 11.6 Å². The Bertz CT molecular complexity index is 992. The highest BCUT2D eigenvalue weighted by Gasteiger charge is 2.13. The van der Waals surface area contributed by atoms with Crippen LogP contribution in [-0.4, -0.2) is 38.9 Å². The molecule has 9 heteroatoms. The lowest BCUT2D eigenvalue weighted by atomic mass is 10.1. The van der Waals surface area contributed by atoms with Gasteiger partial charge >= 0.3 is 0 Å². The van der Waals surface area contributed by atoms with Gasteiger partial charge in [-0.25, -0.2) is 4.39 Å². The number of benzene rings is 2. The number of carbonyl (C=O) groups is 2. The molecule has 0 fully saturated rings. The number of aromatic nitrogens is 3. The molecule has 3 rings (SSSR count). The molecule has 3 aromatic rings. The van der Waals surface area contributed by atoms with Crippen molar-refractivity contribution in [2.24, 2.45) is 7.05 Å². The fraction of sp³-hybridized carbons (Fsp3) is 0.238. The second-order valence-corrected chi connectivity index (χ2v) is 7.46. The van der Waals surface area contributed by atoms with Crippen molar-refractivity contribution in [3.05, 3.63) is 77.4 Å². The molecule has 0 bridgehead atoms. The first-order valence-electron chi connectivity index (χ1n) is 9.38. The van der Waals surface area contributed by atoms with Gasteiger partial charge in [-0.1, -0.05) is 42.1 Å². The Morgan fingerprint density at radius 2 is 1.77 bits per heavy atom. The molecule has 0 unspecified atom stereocenters. The highest BCUT2D eigenvalue weighted by Crippen LogP contribution is 2.15. The minimum absolute atomic E-state index is 0.0786. The normalized spacial score (nSPS) is 10.6. The van der Waals surface area contributed by atoms with Gasteiger partial charge in [0.05, 0.1) is 12.3 Å². The lowest BCUT2D eigenvalue weighted by Crippen LogP contribution is -2.27. The number of rotatable bonds is 9. The Hall–Kier alpha value is -3.20. The van der Waals surface area contributed by atoms with Gasteiger partial charge in [-0.15, -0.1) is 10.2 Å². The standard InChI is InChI=1S/C21H22FN5O2S/c1-27-18(13-24-20(29)16-7-9-17(22)10-8-16)25-26-21(27)30-14-19(28)23-12-11-15-5-3-2-4-6-15/h2-10H,11-14H2,1H3,(H,23,28)(H,24,29). The van der Waals surface area contributed by atoms with E-state index in [2.05, 4.69) is 20.8 Å². The van der Waals surface area contributed by atoms with Gasteiger partial charge in [-0.05, 0) is 36.2 Å². The van der Waals surface area contributed by atoms with Gasteiger partial charge in [0.2, 0.25) is 5.91 Å². The fourth-order valence-electron chi connectivity index (χ4n) is 2.66. The van der Waals surface area contributed by atoms with E-state index in [1.807, 2.05) is 30.3 Å². The largest absolute Gasteiger partial charge is 0.355 e. The summed E-state index contributed by atoms with van der Waals surface area (Å²) < 4.78 is 14.7. The first-order chi connectivity index (χ1) is 14.5. The maximum Gasteiger partial charge on any atom is 0.251 e. The van der Waals surface area contributed by atoms with Gasteiger partial charge in [-0.2, -0.15) is 0 Å². The number of halogens is 1. The third kappa shape index (κ3) is 6.15. The number of carbonyl (C=O) groups excluding carboxylic acids is 2. The van der Waals surface area contributed by atoms with Crippen molar-refractivity contribution in [3.8, 4) is 0 Å². The molecule has 2 amide bonds. The van der Waals surface area contributed by atoms with Crippen LogP contribution in [0.25, 0.3) is 0 Å². The fourth-order valence-corrected chi connectivity index (χ4v) is 3.42. The monoisotopic (exact) mass is 427 g/mol. The molecule has 2 aromatic carbocycles. The summed E-state index contributed by atoms with van der Waals surface area (Å²) in [5, 5.41) is 14.3.